The second-order valence-corrected chi connectivity index (χ2v) is 9.38. The lowest BCUT2D eigenvalue weighted by Gasteiger charge is -2.37. The maximum atomic E-state index is 11.7. The molecule has 5 unspecified atom stereocenters. The molecule has 0 saturated heterocycles. The van der Waals surface area contributed by atoms with E-state index in [1.165, 1.54) is 11.8 Å². The van der Waals surface area contributed by atoms with Crippen LogP contribution in [0.3, 0.4) is 0 Å². The van der Waals surface area contributed by atoms with Crippen LogP contribution in [0.5, 0.6) is 0 Å². The molecule has 4 heteroatoms. The highest BCUT2D eigenvalue weighted by Crippen LogP contribution is 2.38. The fourth-order valence-corrected chi connectivity index (χ4v) is 5.31. The third-order valence-electron chi connectivity index (χ3n) is 5.07. The molecule has 0 spiro atoms. The van der Waals surface area contributed by atoms with Crippen molar-refractivity contribution in [1.82, 2.24) is 0 Å². The van der Waals surface area contributed by atoms with Crippen LogP contribution in [0.4, 0.5) is 0 Å². The molecular formula is C16H28O3S. The van der Waals surface area contributed by atoms with Crippen molar-refractivity contribution in [2.24, 2.45) is 17.8 Å². The summed E-state index contributed by atoms with van der Waals surface area (Å²) < 4.78 is 23.5. The van der Waals surface area contributed by atoms with E-state index in [9.17, 15) is 13.5 Å². The van der Waals surface area contributed by atoms with Crippen molar-refractivity contribution >= 4 is 9.84 Å². The predicted molar refractivity (Wildman–Crippen MR) is 82.2 cm³/mol. The fraction of sp³-hybridized carbons (Fsp3) is 0.875. The number of hydrogen-bond donors (Lipinski definition) is 1. The first-order valence-electron chi connectivity index (χ1n) is 7.81. The highest BCUT2D eigenvalue weighted by atomic mass is 32.2. The van der Waals surface area contributed by atoms with Crippen molar-refractivity contribution in [2.75, 3.05) is 6.26 Å². The van der Waals surface area contributed by atoms with E-state index in [0.717, 1.165) is 32.1 Å². The Morgan fingerprint density at radius 3 is 2.55 bits per heavy atom. The number of aliphatic hydroxyl groups excluding tert-OH is 1. The zero-order valence-electron chi connectivity index (χ0n) is 12.9. The van der Waals surface area contributed by atoms with Crippen LogP contribution in [0, 0.1) is 17.8 Å². The maximum absolute atomic E-state index is 11.7. The molecule has 2 aliphatic carbocycles. The van der Waals surface area contributed by atoms with E-state index in [2.05, 4.69) is 19.9 Å². The van der Waals surface area contributed by atoms with Crippen LogP contribution in [0.15, 0.2) is 11.6 Å². The molecular weight excluding hydrogens is 272 g/mol. The number of hydrogen-bond acceptors (Lipinski definition) is 3. The second-order valence-electron chi connectivity index (χ2n) is 7.06. The van der Waals surface area contributed by atoms with Crippen molar-refractivity contribution in [3.63, 3.8) is 0 Å². The van der Waals surface area contributed by atoms with Gasteiger partial charge in [-0.3, -0.25) is 0 Å². The smallest absolute Gasteiger partial charge is 0.150 e. The minimum Gasteiger partial charge on any atom is -0.393 e. The van der Waals surface area contributed by atoms with Crippen LogP contribution >= 0.6 is 0 Å². The zero-order chi connectivity index (χ0) is 14.9. The molecule has 0 bridgehead atoms. The van der Waals surface area contributed by atoms with Crippen LogP contribution in [0.1, 0.15) is 52.4 Å². The number of rotatable bonds is 3. The largest absolute Gasteiger partial charge is 0.393 e. The van der Waals surface area contributed by atoms with Crippen molar-refractivity contribution < 1.29 is 13.5 Å². The minimum absolute atomic E-state index is 0.159. The van der Waals surface area contributed by atoms with Crippen LogP contribution in [0.25, 0.3) is 0 Å². The summed E-state index contributed by atoms with van der Waals surface area (Å²) in [6.45, 7) is 4.33. The predicted octanol–water partition coefficient (Wildman–Crippen LogP) is 2.94. The van der Waals surface area contributed by atoms with E-state index in [1.54, 1.807) is 0 Å². The second kappa shape index (κ2) is 6.18. The van der Waals surface area contributed by atoms with E-state index < -0.39 is 9.84 Å². The summed E-state index contributed by atoms with van der Waals surface area (Å²) in [5.41, 5.74) is 1.36. The average molecular weight is 300 g/mol. The van der Waals surface area contributed by atoms with Crippen molar-refractivity contribution in [3.05, 3.63) is 11.6 Å². The van der Waals surface area contributed by atoms with E-state index >= 15 is 0 Å². The Hall–Kier alpha value is -0.350. The number of allylic oxidation sites excluding steroid dienone is 2. The molecule has 0 radical (unpaired) electrons. The number of sulfone groups is 1. The molecule has 0 aromatic carbocycles. The Morgan fingerprint density at radius 1 is 1.25 bits per heavy atom. The Bertz CT molecular complexity index is 466. The molecule has 1 saturated carbocycles. The van der Waals surface area contributed by atoms with E-state index in [-0.39, 0.29) is 17.3 Å². The molecule has 116 valence electrons. The third-order valence-corrected chi connectivity index (χ3v) is 6.71. The summed E-state index contributed by atoms with van der Waals surface area (Å²) in [5, 5.41) is 10.5. The van der Waals surface area contributed by atoms with Crippen LogP contribution in [0.2, 0.25) is 0 Å². The van der Waals surface area contributed by atoms with Gasteiger partial charge < -0.3 is 5.11 Å². The summed E-state index contributed by atoms with van der Waals surface area (Å²) in [7, 11) is -2.97. The minimum atomic E-state index is -2.97. The maximum Gasteiger partial charge on any atom is 0.150 e. The van der Waals surface area contributed by atoms with Crippen molar-refractivity contribution in [1.29, 1.82) is 0 Å². The van der Waals surface area contributed by atoms with Gasteiger partial charge in [0.05, 0.1) is 11.4 Å². The van der Waals surface area contributed by atoms with Crippen LogP contribution < -0.4 is 0 Å². The number of aliphatic hydroxyl groups is 1. The molecule has 0 amide bonds. The quantitative estimate of drug-likeness (QED) is 0.815. The molecule has 1 N–H and O–H groups in total. The van der Waals surface area contributed by atoms with E-state index in [1.807, 2.05) is 0 Å². The topological polar surface area (TPSA) is 54.4 Å². The van der Waals surface area contributed by atoms with E-state index in [0.29, 0.717) is 18.3 Å². The molecule has 0 aromatic heterocycles. The van der Waals surface area contributed by atoms with Gasteiger partial charge in [0.1, 0.15) is 9.84 Å². The average Bonchev–Trinajstić information content (AvgIpc) is 2.36. The summed E-state index contributed by atoms with van der Waals surface area (Å²) in [4.78, 5) is 0. The highest BCUT2D eigenvalue weighted by molar-refractivity contribution is 7.91. The summed E-state index contributed by atoms with van der Waals surface area (Å²) in [5.74, 6) is 0.989. The van der Waals surface area contributed by atoms with Gasteiger partial charge in [-0.2, -0.15) is 0 Å². The van der Waals surface area contributed by atoms with Gasteiger partial charge in [0.2, 0.25) is 0 Å². The van der Waals surface area contributed by atoms with Gasteiger partial charge in [-0.15, -0.1) is 0 Å². The normalized spacial score (nSPS) is 37.3. The van der Waals surface area contributed by atoms with Gasteiger partial charge in [-0.1, -0.05) is 25.0 Å². The first kappa shape index (κ1) is 16.0. The molecule has 3 nitrogen and oxygen atoms in total. The van der Waals surface area contributed by atoms with Crippen molar-refractivity contribution in [2.45, 2.75) is 63.7 Å². The van der Waals surface area contributed by atoms with Crippen molar-refractivity contribution in [3.8, 4) is 0 Å². The van der Waals surface area contributed by atoms with Gasteiger partial charge in [0.25, 0.3) is 0 Å². The van der Waals surface area contributed by atoms with Crippen LogP contribution in [-0.4, -0.2) is 31.1 Å². The lowest BCUT2D eigenvalue weighted by molar-refractivity contribution is 0.0246. The standard InChI is InChI=1S/C16H28O3S/c1-11-7-12(2)9-14(8-11)16(17)13-5-4-6-15(10-13)20(3,18)19/h7,11,13-17H,4-6,8-10H2,1-3H3. The molecule has 20 heavy (non-hydrogen) atoms. The molecule has 5 atom stereocenters. The monoisotopic (exact) mass is 300 g/mol. The Balaban J connectivity index is 2.02. The summed E-state index contributed by atoms with van der Waals surface area (Å²) in [6, 6.07) is 0. The summed E-state index contributed by atoms with van der Waals surface area (Å²) in [6.07, 6.45) is 8.59. The van der Waals surface area contributed by atoms with Gasteiger partial charge in [-0.05, 0) is 56.8 Å². The van der Waals surface area contributed by atoms with Gasteiger partial charge in [-0.25, -0.2) is 8.42 Å². The molecule has 2 aliphatic rings. The Morgan fingerprint density at radius 2 is 1.95 bits per heavy atom. The van der Waals surface area contributed by atoms with Crippen LogP contribution in [-0.2, 0) is 9.84 Å². The first-order chi connectivity index (χ1) is 9.27. The Labute approximate surface area is 123 Å². The summed E-state index contributed by atoms with van der Waals surface area (Å²) >= 11 is 0. The fourth-order valence-electron chi connectivity index (χ4n) is 4.12. The molecule has 0 aliphatic heterocycles. The zero-order valence-corrected chi connectivity index (χ0v) is 13.7. The molecule has 0 heterocycles. The third kappa shape index (κ3) is 3.85. The molecule has 1 fully saturated rings. The SMILES string of the molecule is CC1=CC(C)CC(C(O)C2CCCC(S(C)(=O)=O)C2)C1. The lowest BCUT2D eigenvalue weighted by Crippen LogP contribution is -2.38. The lowest BCUT2D eigenvalue weighted by atomic mass is 9.73. The van der Waals surface area contributed by atoms with E-state index in [4.69, 9.17) is 0 Å². The molecule has 0 aromatic rings. The van der Waals surface area contributed by atoms with Gasteiger partial charge in [0.15, 0.2) is 0 Å². The Kier molecular flexibility index (Phi) is 4.96. The first-order valence-corrected chi connectivity index (χ1v) is 9.77. The van der Waals surface area contributed by atoms with Gasteiger partial charge in [0, 0.05) is 6.26 Å². The highest BCUT2D eigenvalue weighted by Gasteiger charge is 2.36. The van der Waals surface area contributed by atoms with Gasteiger partial charge >= 0.3 is 0 Å². The molecule has 2 rings (SSSR count).